The van der Waals surface area contributed by atoms with E-state index in [2.05, 4.69) is 5.16 Å². The highest BCUT2D eigenvalue weighted by atomic mass is 32.2. The van der Waals surface area contributed by atoms with Crippen LogP contribution < -0.4 is 14.9 Å². The van der Waals surface area contributed by atoms with E-state index in [9.17, 15) is 4.79 Å². The maximum atomic E-state index is 11.0. The van der Waals surface area contributed by atoms with Gasteiger partial charge in [0.25, 0.3) is 13.5 Å². The molecular formula is C16H22N4O9S2. The number of rotatable bonds is 6. The van der Waals surface area contributed by atoms with Crippen LogP contribution >= 0.6 is 0 Å². The summed E-state index contributed by atoms with van der Waals surface area (Å²) in [7, 11) is -6.22. The van der Waals surface area contributed by atoms with Crippen LogP contribution in [0.3, 0.4) is 0 Å². The summed E-state index contributed by atoms with van der Waals surface area (Å²) in [6.45, 7) is 0.614. The van der Waals surface area contributed by atoms with Crippen LogP contribution in [0, 0.1) is 14.9 Å². The lowest BCUT2D eigenvalue weighted by molar-refractivity contribution is -0.788. The minimum Gasteiger partial charge on any atom is -0.411 e. The first-order chi connectivity index (χ1) is 13.7. The van der Waals surface area contributed by atoms with Crippen LogP contribution in [0.2, 0.25) is 0 Å². The molecule has 31 heavy (non-hydrogen) atoms. The minimum absolute atomic E-state index is 0. The van der Waals surface area contributed by atoms with Gasteiger partial charge in [-0.1, -0.05) is 5.16 Å². The van der Waals surface area contributed by atoms with Crippen molar-refractivity contribution in [3.05, 3.63) is 75.0 Å². The zero-order valence-electron chi connectivity index (χ0n) is 16.6. The number of nitrogens with zero attached hydrogens (tertiary/aromatic N) is 3. The van der Waals surface area contributed by atoms with Crippen LogP contribution in [0.4, 0.5) is 0 Å². The number of hydrogen-bond donors (Lipinski definition) is 2. The van der Waals surface area contributed by atoms with E-state index in [0.29, 0.717) is 24.7 Å². The Morgan fingerprint density at radius 1 is 0.968 bits per heavy atom. The molecule has 0 unspecified atom stereocenters. The summed E-state index contributed by atoms with van der Waals surface area (Å²) < 4.78 is 59.8. The summed E-state index contributed by atoms with van der Waals surface area (Å²) in [4.78, 5) is 11.0. The molecule has 0 fully saturated rings. The second kappa shape index (κ2) is 18.5. The van der Waals surface area contributed by atoms with Gasteiger partial charge < -0.3 is 25.8 Å². The van der Waals surface area contributed by atoms with Gasteiger partial charge in [-0.3, -0.25) is 9.53 Å². The Labute approximate surface area is 182 Å². The molecule has 15 heteroatoms. The Kier molecular flexibility index (Phi) is 19.1. The van der Waals surface area contributed by atoms with Crippen LogP contribution in [-0.4, -0.2) is 42.6 Å². The normalized spacial score (nSPS) is 8.90. The molecule has 0 saturated heterocycles. The SMILES string of the molecule is NC(=O)c1cc[n+](COC[n+]2ccccc2/C=N/O)cc1.O=S(=O)=O.O=S(=O)=O.[CH3-].[CH3-]. The molecular weight excluding hydrogens is 456 g/mol. The van der Waals surface area contributed by atoms with Crippen molar-refractivity contribution < 1.29 is 49.1 Å². The molecule has 0 aliphatic heterocycles. The van der Waals surface area contributed by atoms with Crippen LogP contribution in [0.1, 0.15) is 16.1 Å². The fourth-order valence-electron chi connectivity index (χ4n) is 1.74. The second-order valence-corrected chi connectivity index (χ2v) is 5.49. The first-order valence-corrected chi connectivity index (χ1v) is 9.23. The molecule has 1 amide bonds. The summed E-state index contributed by atoms with van der Waals surface area (Å²) in [6.07, 6.45) is 6.58. The minimum atomic E-state index is -3.11. The van der Waals surface area contributed by atoms with Crippen molar-refractivity contribution in [3.63, 3.8) is 0 Å². The molecule has 0 saturated carbocycles. The maximum Gasteiger partial charge on any atom is 0.425 e. The first kappa shape index (κ1) is 32.1. The number of pyridine rings is 2. The summed E-state index contributed by atoms with van der Waals surface area (Å²) in [5.74, 6) is -0.462. The lowest BCUT2D eigenvalue weighted by Crippen LogP contribution is -2.42. The Hall–Kier alpha value is -3.56. The average molecular weight is 479 g/mol. The summed E-state index contributed by atoms with van der Waals surface area (Å²) in [6, 6.07) is 8.76. The van der Waals surface area contributed by atoms with E-state index in [-0.39, 0.29) is 14.9 Å². The number of primary amides is 1. The Bertz CT molecular complexity index is 997. The van der Waals surface area contributed by atoms with Crippen molar-refractivity contribution in [2.45, 2.75) is 13.5 Å². The van der Waals surface area contributed by atoms with Gasteiger partial charge >= 0.3 is 21.2 Å². The van der Waals surface area contributed by atoms with E-state index < -0.39 is 27.1 Å². The first-order valence-electron chi connectivity index (χ1n) is 7.23. The Balaban J connectivity index is -0.000000678. The highest BCUT2D eigenvalue weighted by molar-refractivity contribution is 7.59. The van der Waals surface area contributed by atoms with Gasteiger partial charge in [0.2, 0.25) is 11.6 Å². The number of oxime groups is 1. The monoisotopic (exact) mass is 478 g/mol. The number of hydrogen-bond acceptors (Lipinski definition) is 10. The van der Waals surface area contributed by atoms with Gasteiger partial charge in [-0.25, -0.2) is 0 Å². The number of aromatic nitrogens is 2. The van der Waals surface area contributed by atoms with Gasteiger partial charge in [-0.2, -0.15) is 9.13 Å². The zero-order valence-corrected chi connectivity index (χ0v) is 18.2. The van der Waals surface area contributed by atoms with Crippen molar-refractivity contribution in [2.75, 3.05) is 0 Å². The Morgan fingerprint density at radius 2 is 1.48 bits per heavy atom. The van der Waals surface area contributed by atoms with Crippen molar-refractivity contribution in [1.29, 1.82) is 0 Å². The molecule has 2 heterocycles. The highest BCUT2D eigenvalue weighted by Crippen LogP contribution is 1.93. The second-order valence-electron chi connectivity index (χ2n) is 4.68. The summed E-state index contributed by atoms with van der Waals surface area (Å²) in [5.41, 5.74) is 6.34. The third kappa shape index (κ3) is 17.0. The van der Waals surface area contributed by atoms with Gasteiger partial charge in [-0.05, 0) is 6.07 Å². The standard InChI is InChI=1S/C14H14N4O3.2CH3.2O3S/c15-14(19)12-4-7-17(8-5-12)10-21-11-18-6-2-1-3-13(18)9-16-20;;;2*1-4(2)3/h1-9H,10-11H2,(H-,15,19);2*1H3;;/q;2*-1;;/p+2. The predicted molar refractivity (Wildman–Crippen MR) is 104 cm³/mol. The van der Waals surface area contributed by atoms with Crippen LogP contribution in [0.15, 0.2) is 54.1 Å². The van der Waals surface area contributed by atoms with E-state index in [1.165, 1.54) is 6.21 Å². The number of amides is 1. The fourth-order valence-corrected chi connectivity index (χ4v) is 1.74. The smallest absolute Gasteiger partial charge is 0.411 e. The number of ether oxygens (including phenoxy) is 1. The van der Waals surface area contributed by atoms with Crippen LogP contribution in [0.25, 0.3) is 0 Å². The lowest BCUT2D eigenvalue weighted by atomic mass is 10.2. The predicted octanol–water partition coefficient (Wildman–Crippen LogP) is -1.31. The van der Waals surface area contributed by atoms with Crippen molar-refractivity contribution >= 4 is 33.3 Å². The molecule has 0 aliphatic rings. The third-order valence-corrected chi connectivity index (χ3v) is 2.81. The Morgan fingerprint density at radius 3 is 1.94 bits per heavy atom. The molecule has 0 aliphatic carbocycles. The molecule has 2 aromatic rings. The van der Waals surface area contributed by atoms with Crippen molar-refractivity contribution in [3.8, 4) is 0 Å². The molecule has 0 spiro atoms. The van der Waals surface area contributed by atoms with Gasteiger partial charge in [0.15, 0.2) is 18.6 Å². The lowest BCUT2D eigenvalue weighted by Gasteiger charge is -2.00. The third-order valence-electron chi connectivity index (χ3n) is 2.81. The highest BCUT2D eigenvalue weighted by Gasteiger charge is 2.09. The number of carbonyl (C=O) groups is 1. The van der Waals surface area contributed by atoms with E-state index in [0.717, 1.165) is 0 Å². The van der Waals surface area contributed by atoms with E-state index in [4.69, 9.17) is 40.9 Å². The van der Waals surface area contributed by atoms with Gasteiger partial charge in [0.05, 0.1) is 5.56 Å². The molecule has 0 aromatic carbocycles. The summed E-state index contributed by atoms with van der Waals surface area (Å²) in [5, 5.41) is 11.6. The topological polar surface area (TPSA) is 195 Å². The van der Waals surface area contributed by atoms with Gasteiger partial charge in [0, 0.05) is 24.3 Å². The van der Waals surface area contributed by atoms with Crippen molar-refractivity contribution in [2.24, 2.45) is 10.9 Å². The van der Waals surface area contributed by atoms with Crippen molar-refractivity contribution in [1.82, 2.24) is 0 Å². The maximum absolute atomic E-state index is 11.0. The molecule has 13 nitrogen and oxygen atoms in total. The molecule has 172 valence electrons. The number of carbonyl (C=O) groups excluding carboxylic acids is 1. The zero-order chi connectivity index (χ0) is 22.2. The van der Waals surface area contributed by atoms with Crippen LogP contribution in [-0.2, 0) is 39.4 Å². The summed E-state index contributed by atoms with van der Waals surface area (Å²) >= 11 is 0. The molecule has 2 rings (SSSR count). The largest absolute Gasteiger partial charge is 0.425 e. The van der Waals surface area contributed by atoms with E-state index in [1.54, 1.807) is 39.7 Å². The number of nitrogens with two attached hydrogens (primary N) is 1. The molecule has 2 aromatic heterocycles. The molecule has 0 radical (unpaired) electrons. The quantitative estimate of drug-likeness (QED) is 0.167. The van der Waals surface area contributed by atoms with Gasteiger partial charge in [-0.15, -0.1) is 25.3 Å². The van der Waals surface area contributed by atoms with E-state index >= 15 is 0 Å². The van der Waals surface area contributed by atoms with Crippen LogP contribution in [0.5, 0.6) is 0 Å². The fraction of sp³-hybridized carbons (Fsp3) is 0.125. The molecule has 3 N–H and O–H groups in total. The van der Waals surface area contributed by atoms with E-state index in [1.807, 2.05) is 18.3 Å². The van der Waals surface area contributed by atoms with Gasteiger partial charge in [0.1, 0.15) is 6.21 Å². The average Bonchev–Trinajstić information content (AvgIpc) is 2.63. The molecule has 0 atom stereocenters. The molecule has 0 bridgehead atoms.